The molecule has 16 heavy (non-hydrogen) atoms. The van der Waals surface area contributed by atoms with Crippen LogP contribution in [-0.4, -0.2) is 19.2 Å². The number of carbonyl (C=O) groups is 1. The summed E-state index contributed by atoms with van der Waals surface area (Å²) in [5.74, 6) is 0.904. The first-order valence-electron chi connectivity index (χ1n) is 4.74. The van der Waals surface area contributed by atoms with Gasteiger partial charge in [0.15, 0.2) is 11.5 Å². The average molecular weight is 243 g/mol. The van der Waals surface area contributed by atoms with E-state index in [0.29, 0.717) is 23.1 Å². The minimum absolute atomic E-state index is 0.116. The van der Waals surface area contributed by atoms with E-state index in [-0.39, 0.29) is 13.3 Å². The van der Waals surface area contributed by atoms with Gasteiger partial charge in [-0.2, -0.15) is 0 Å². The number of hydrogen-bond donors (Lipinski definition) is 2. The van der Waals surface area contributed by atoms with Crippen molar-refractivity contribution >= 4 is 17.5 Å². The predicted molar refractivity (Wildman–Crippen MR) is 58.5 cm³/mol. The summed E-state index contributed by atoms with van der Waals surface area (Å²) in [6.07, 6.45) is 0. The highest BCUT2D eigenvalue weighted by Crippen LogP contribution is 2.36. The zero-order valence-electron chi connectivity index (χ0n) is 8.46. The van der Waals surface area contributed by atoms with Crippen molar-refractivity contribution in [2.75, 3.05) is 13.3 Å². The largest absolute Gasteiger partial charge is 0.454 e. The number of nitrogens with one attached hydrogen (secondary N) is 1. The van der Waals surface area contributed by atoms with Crippen molar-refractivity contribution in [2.45, 2.75) is 6.54 Å². The van der Waals surface area contributed by atoms with E-state index in [1.807, 2.05) is 0 Å². The van der Waals surface area contributed by atoms with Crippen molar-refractivity contribution in [1.29, 1.82) is 0 Å². The first kappa shape index (κ1) is 11.0. The summed E-state index contributed by atoms with van der Waals surface area (Å²) in [4.78, 5) is 10.5. The van der Waals surface area contributed by atoms with Crippen LogP contribution in [0.5, 0.6) is 11.5 Å². The standard InChI is InChI=1S/C10H11ClN2O3/c11-7-2-9-8(15-5-16-9)1-6(7)3-13-4-10(12)14/h1-2,13H,3-5H2,(H2,12,14). The Bertz CT molecular complexity index is 423. The number of nitrogens with two attached hydrogens (primary N) is 1. The first-order chi connectivity index (χ1) is 7.66. The first-order valence-corrected chi connectivity index (χ1v) is 5.11. The summed E-state index contributed by atoms with van der Waals surface area (Å²) in [6.45, 7) is 0.785. The van der Waals surface area contributed by atoms with Crippen molar-refractivity contribution in [3.05, 3.63) is 22.7 Å². The van der Waals surface area contributed by atoms with E-state index in [1.165, 1.54) is 0 Å². The van der Waals surface area contributed by atoms with Gasteiger partial charge in [-0.15, -0.1) is 0 Å². The van der Waals surface area contributed by atoms with E-state index in [9.17, 15) is 4.79 Å². The third-order valence-electron chi connectivity index (χ3n) is 2.16. The molecule has 5 nitrogen and oxygen atoms in total. The molecule has 0 fully saturated rings. The Balaban J connectivity index is 2.06. The lowest BCUT2D eigenvalue weighted by Crippen LogP contribution is -2.28. The third kappa shape index (κ3) is 2.37. The summed E-state index contributed by atoms with van der Waals surface area (Å²) in [5.41, 5.74) is 5.85. The molecule has 0 saturated carbocycles. The van der Waals surface area contributed by atoms with Gasteiger partial charge in [0.05, 0.1) is 6.54 Å². The minimum Gasteiger partial charge on any atom is -0.454 e. The Kier molecular flexibility index (Phi) is 3.17. The van der Waals surface area contributed by atoms with Crippen molar-refractivity contribution in [3.8, 4) is 11.5 Å². The van der Waals surface area contributed by atoms with Crippen LogP contribution < -0.4 is 20.5 Å². The molecule has 1 amide bonds. The molecule has 1 aromatic carbocycles. The molecule has 1 aliphatic rings. The van der Waals surface area contributed by atoms with Crippen LogP contribution in [0, 0.1) is 0 Å². The van der Waals surface area contributed by atoms with Gasteiger partial charge in [0.25, 0.3) is 0 Å². The van der Waals surface area contributed by atoms with Gasteiger partial charge in [-0.3, -0.25) is 4.79 Å². The smallest absolute Gasteiger partial charge is 0.231 e. The van der Waals surface area contributed by atoms with Crippen LogP contribution in [0.15, 0.2) is 12.1 Å². The number of hydrogen-bond acceptors (Lipinski definition) is 4. The second kappa shape index (κ2) is 4.59. The number of rotatable bonds is 4. The van der Waals surface area contributed by atoms with Crippen molar-refractivity contribution in [2.24, 2.45) is 5.73 Å². The molecule has 0 bridgehead atoms. The zero-order valence-corrected chi connectivity index (χ0v) is 9.21. The monoisotopic (exact) mass is 242 g/mol. The Morgan fingerprint density at radius 3 is 2.81 bits per heavy atom. The molecule has 1 aliphatic heterocycles. The fourth-order valence-corrected chi connectivity index (χ4v) is 1.64. The fraction of sp³-hybridized carbons (Fsp3) is 0.300. The second-order valence-electron chi connectivity index (χ2n) is 3.37. The lowest BCUT2D eigenvalue weighted by molar-refractivity contribution is -0.117. The summed E-state index contributed by atoms with van der Waals surface area (Å²) in [5, 5.41) is 3.45. The Hall–Kier alpha value is -1.46. The number of halogens is 1. The van der Waals surface area contributed by atoms with Gasteiger partial charge < -0.3 is 20.5 Å². The molecule has 1 heterocycles. The number of carbonyl (C=O) groups excluding carboxylic acids is 1. The maximum Gasteiger partial charge on any atom is 0.231 e. The van der Waals surface area contributed by atoms with E-state index in [1.54, 1.807) is 12.1 Å². The van der Waals surface area contributed by atoms with Gasteiger partial charge in [0, 0.05) is 17.6 Å². The Morgan fingerprint density at radius 1 is 1.44 bits per heavy atom. The summed E-state index contributed by atoms with van der Waals surface area (Å²) >= 11 is 6.03. The highest BCUT2D eigenvalue weighted by Gasteiger charge is 2.16. The van der Waals surface area contributed by atoms with Crippen LogP contribution in [0.4, 0.5) is 0 Å². The molecular weight excluding hydrogens is 232 g/mol. The van der Waals surface area contributed by atoms with Crippen LogP contribution >= 0.6 is 11.6 Å². The maximum absolute atomic E-state index is 10.5. The van der Waals surface area contributed by atoms with Gasteiger partial charge in [0.1, 0.15) is 0 Å². The topological polar surface area (TPSA) is 73.6 Å². The molecule has 86 valence electrons. The van der Waals surface area contributed by atoms with Crippen LogP contribution in [0.2, 0.25) is 5.02 Å². The summed E-state index contributed by atoms with van der Waals surface area (Å²) < 4.78 is 10.4. The third-order valence-corrected chi connectivity index (χ3v) is 2.51. The highest BCUT2D eigenvalue weighted by molar-refractivity contribution is 6.31. The quantitative estimate of drug-likeness (QED) is 0.813. The molecule has 6 heteroatoms. The lowest BCUT2D eigenvalue weighted by atomic mass is 10.2. The molecule has 0 aromatic heterocycles. The highest BCUT2D eigenvalue weighted by atomic mass is 35.5. The second-order valence-corrected chi connectivity index (χ2v) is 3.77. The van der Waals surface area contributed by atoms with E-state index in [4.69, 9.17) is 26.8 Å². The Morgan fingerprint density at radius 2 is 2.12 bits per heavy atom. The van der Waals surface area contributed by atoms with E-state index >= 15 is 0 Å². The molecule has 0 atom stereocenters. The lowest BCUT2D eigenvalue weighted by Gasteiger charge is -2.06. The number of ether oxygens (including phenoxy) is 2. The van der Waals surface area contributed by atoms with Crippen LogP contribution in [0.1, 0.15) is 5.56 Å². The molecule has 0 spiro atoms. The fourth-order valence-electron chi connectivity index (χ4n) is 1.42. The predicted octanol–water partition coefficient (Wildman–Crippen LogP) is 0.644. The number of primary amides is 1. The summed E-state index contributed by atoms with van der Waals surface area (Å²) in [6, 6.07) is 3.49. The minimum atomic E-state index is -0.406. The van der Waals surface area contributed by atoms with Crippen molar-refractivity contribution in [1.82, 2.24) is 5.32 Å². The molecule has 1 aromatic rings. The number of benzene rings is 1. The normalized spacial score (nSPS) is 12.8. The van der Waals surface area contributed by atoms with Gasteiger partial charge in [-0.1, -0.05) is 11.6 Å². The van der Waals surface area contributed by atoms with Gasteiger partial charge >= 0.3 is 0 Å². The molecule has 0 radical (unpaired) electrons. The van der Waals surface area contributed by atoms with Crippen molar-refractivity contribution in [3.63, 3.8) is 0 Å². The van der Waals surface area contributed by atoms with Gasteiger partial charge in [-0.25, -0.2) is 0 Å². The maximum atomic E-state index is 10.5. The molecule has 3 N–H and O–H groups in total. The van der Waals surface area contributed by atoms with Crippen molar-refractivity contribution < 1.29 is 14.3 Å². The molecular formula is C10H11ClN2O3. The average Bonchev–Trinajstić information content (AvgIpc) is 2.64. The number of amides is 1. The SMILES string of the molecule is NC(=O)CNCc1cc2c(cc1Cl)OCO2. The molecule has 2 rings (SSSR count). The molecule has 0 unspecified atom stereocenters. The Labute approximate surface area is 97.5 Å². The van der Waals surface area contributed by atoms with E-state index in [2.05, 4.69) is 5.32 Å². The van der Waals surface area contributed by atoms with E-state index < -0.39 is 5.91 Å². The summed E-state index contributed by atoms with van der Waals surface area (Å²) in [7, 11) is 0. The van der Waals surface area contributed by atoms with Crippen LogP contribution in [-0.2, 0) is 11.3 Å². The molecule has 0 saturated heterocycles. The van der Waals surface area contributed by atoms with Gasteiger partial charge in [-0.05, 0) is 11.6 Å². The molecule has 0 aliphatic carbocycles. The van der Waals surface area contributed by atoms with Gasteiger partial charge in [0.2, 0.25) is 12.7 Å². The number of fused-ring (bicyclic) bond motifs is 1. The van der Waals surface area contributed by atoms with Crippen LogP contribution in [0.25, 0.3) is 0 Å². The van der Waals surface area contributed by atoms with Crippen LogP contribution in [0.3, 0.4) is 0 Å². The van der Waals surface area contributed by atoms with E-state index in [0.717, 1.165) is 5.56 Å². The zero-order chi connectivity index (χ0) is 11.5.